The molecule has 2 aromatic carbocycles. The van der Waals surface area contributed by atoms with Crippen molar-refractivity contribution in [2.24, 2.45) is 0 Å². The second-order valence-corrected chi connectivity index (χ2v) is 12.5. The molecular formula is C31H38O18. The number of hydrogen-bond acceptors (Lipinski definition) is 17. The molecule has 270 valence electrons. The van der Waals surface area contributed by atoms with E-state index in [1.54, 1.807) is 12.1 Å². The summed E-state index contributed by atoms with van der Waals surface area (Å²) < 4.78 is 32.7. The molecule has 49 heavy (non-hydrogen) atoms. The summed E-state index contributed by atoms with van der Waals surface area (Å²) in [6.07, 6.45) is -18.6. The first kappa shape index (κ1) is 36.6. The highest BCUT2D eigenvalue weighted by Gasteiger charge is 2.48. The smallest absolute Gasteiger partial charge is 0.317 e. The molecule has 18 nitrogen and oxygen atoms in total. The molecule has 2 aliphatic heterocycles. The summed E-state index contributed by atoms with van der Waals surface area (Å²) in [4.78, 5) is 35.2. The van der Waals surface area contributed by atoms with Crippen molar-refractivity contribution < 1.29 is 88.8 Å². The molecule has 0 unspecified atom stereocenters. The topological polar surface area (TPSA) is 289 Å². The standard InChI is InChI=1S/C31H38O18/c1-31(43)7-12-3-11-4-13(44-2)5-15(21(11)24(38)20(12)14(32)8-31)47-30-28(42)26(40)23(37)17(49-30)10-46-29-27(41)25(39)22(36)16(48-29)9-45-19(35)6-18(33)34/h3-5,16-17,22-23,25-30,36-43H,6-10H2,1-2H3,(H,33,34)/t16-,17-,22-,23-,25+,26+,27-,28-,29-,30-,31+/m1/s1. The van der Waals surface area contributed by atoms with Crippen LogP contribution in [0.1, 0.15) is 35.7 Å². The van der Waals surface area contributed by atoms with Gasteiger partial charge in [0, 0.05) is 18.9 Å². The molecule has 0 aromatic heterocycles. The van der Waals surface area contributed by atoms with Gasteiger partial charge in [-0.15, -0.1) is 0 Å². The van der Waals surface area contributed by atoms with E-state index in [0.29, 0.717) is 10.9 Å². The number of benzene rings is 2. The molecule has 2 fully saturated rings. The maximum absolute atomic E-state index is 12.9. The number of phenolic OH excluding ortho intramolecular Hbond substituents is 1. The van der Waals surface area contributed by atoms with Crippen LogP contribution in [0.5, 0.6) is 17.2 Å². The van der Waals surface area contributed by atoms with E-state index in [9.17, 15) is 55.2 Å². The number of ketones is 1. The number of ether oxygens (including phenoxy) is 6. The van der Waals surface area contributed by atoms with Crippen LogP contribution in [0.25, 0.3) is 10.8 Å². The van der Waals surface area contributed by atoms with Crippen molar-refractivity contribution in [3.05, 3.63) is 29.3 Å². The molecular weight excluding hydrogens is 660 g/mol. The average Bonchev–Trinajstić information content (AvgIpc) is 3.02. The van der Waals surface area contributed by atoms with Gasteiger partial charge in [-0.05, 0) is 30.0 Å². The summed E-state index contributed by atoms with van der Waals surface area (Å²) in [7, 11) is 1.36. The Kier molecular flexibility index (Phi) is 10.7. The number of fused-ring (bicyclic) bond motifs is 2. The number of Topliss-reactive ketones (excluding diaryl/α,β-unsaturated/α-hetero) is 1. The Balaban J connectivity index is 1.35. The first-order valence-corrected chi connectivity index (χ1v) is 15.2. The second kappa shape index (κ2) is 14.3. The van der Waals surface area contributed by atoms with Crippen LogP contribution < -0.4 is 9.47 Å². The number of aliphatic carboxylic acids is 1. The number of carboxylic acids is 1. The van der Waals surface area contributed by atoms with Crippen LogP contribution in [0.3, 0.4) is 0 Å². The highest BCUT2D eigenvalue weighted by molar-refractivity contribution is 6.09. The molecule has 18 heteroatoms. The highest BCUT2D eigenvalue weighted by Crippen LogP contribution is 2.45. The van der Waals surface area contributed by atoms with Crippen molar-refractivity contribution in [1.82, 2.24) is 0 Å². The zero-order valence-corrected chi connectivity index (χ0v) is 26.2. The van der Waals surface area contributed by atoms with E-state index in [4.69, 9.17) is 33.5 Å². The number of carbonyl (C=O) groups is 3. The van der Waals surface area contributed by atoms with Gasteiger partial charge in [0.25, 0.3) is 0 Å². The summed E-state index contributed by atoms with van der Waals surface area (Å²) in [6.45, 7) is 0.117. The molecule has 5 rings (SSSR count). The third-order valence-electron chi connectivity index (χ3n) is 8.57. The van der Waals surface area contributed by atoms with Gasteiger partial charge in [-0.25, -0.2) is 0 Å². The lowest BCUT2D eigenvalue weighted by atomic mass is 9.79. The van der Waals surface area contributed by atoms with Crippen molar-refractivity contribution in [3.8, 4) is 17.2 Å². The molecule has 2 heterocycles. The molecule has 3 aliphatic rings. The van der Waals surface area contributed by atoms with Gasteiger partial charge < -0.3 is 74.4 Å². The van der Waals surface area contributed by atoms with Gasteiger partial charge >= 0.3 is 11.9 Å². The number of hydrogen-bond donors (Lipinski definition) is 9. The number of carboxylic acid groups (broad SMARTS) is 1. The van der Waals surface area contributed by atoms with E-state index in [1.807, 2.05) is 0 Å². The van der Waals surface area contributed by atoms with E-state index in [1.165, 1.54) is 20.1 Å². The number of aliphatic hydroxyl groups excluding tert-OH is 6. The molecule has 0 radical (unpaired) electrons. The Morgan fingerprint density at radius 1 is 0.878 bits per heavy atom. The van der Waals surface area contributed by atoms with E-state index < -0.39 is 110 Å². The largest absolute Gasteiger partial charge is 0.506 e. The summed E-state index contributed by atoms with van der Waals surface area (Å²) in [5.41, 5.74) is -0.960. The highest BCUT2D eigenvalue weighted by atomic mass is 16.7. The Hall–Kier alpha value is -3.69. The Bertz CT molecular complexity index is 1580. The van der Waals surface area contributed by atoms with Crippen molar-refractivity contribution in [2.45, 2.75) is 93.2 Å². The van der Waals surface area contributed by atoms with E-state index >= 15 is 0 Å². The van der Waals surface area contributed by atoms with Crippen molar-refractivity contribution in [1.29, 1.82) is 0 Å². The van der Waals surface area contributed by atoms with E-state index in [0.717, 1.165) is 0 Å². The summed E-state index contributed by atoms with van der Waals surface area (Å²) >= 11 is 0. The monoisotopic (exact) mass is 698 g/mol. The van der Waals surface area contributed by atoms with E-state index in [-0.39, 0.29) is 35.3 Å². The zero-order valence-electron chi connectivity index (χ0n) is 26.2. The van der Waals surface area contributed by atoms with Crippen molar-refractivity contribution in [3.63, 3.8) is 0 Å². The lowest BCUT2D eigenvalue weighted by Gasteiger charge is -2.42. The third kappa shape index (κ3) is 7.58. The minimum Gasteiger partial charge on any atom is -0.506 e. The zero-order chi connectivity index (χ0) is 35.9. The van der Waals surface area contributed by atoms with Gasteiger partial charge in [0.05, 0.1) is 30.3 Å². The van der Waals surface area contributed by atoms with Crippen LogP contribution in [0.2, 0.25) is 0 Å². The molecule has 9 N–H and O–H groups in total. The maximum Gasteiger partial charge on any atom is 0.317 e. The van der Waals surface area contributed by atoms with Crippen LogP contribution >= 0.6 is 0 Å². The molecule has 1 aliphatic carbocycles. The Morgan fingerprint density at radius 2 is 1.49 bits per heavy atom. The number of esters is 1. The molecule has 0 bridgehead atoms. The quantitative estimate of drug-likeness (QED) is 0.0912. The third-order valence-corrected chi connectivity index (χ3v) is 8.57. The molecule has 2 saturated heterocycles. The number of rotatable bonds is 10. The van der Waals surface area contributed by atoms with Crippen molar-refractivity contribution >= 4 is 28.5 Å². The van der Waals surface area contributed by atoms with Crippen LogP contribution in [0.4, 0.5) is 0 Å². The lowest BCUT2D eigenvalue weighted by Crippen LogP contribution is -2.62. The van der Waals surface area contributed by atoms with Gasteiger partial charge in [0.1, 0.15) is 79.1 Å². The lowest BCUT2D eigenvalue weighted by molar-refractivity contribution is -0.323. The summed E-state index contributed by atoms with van der Waals surface area (Å²) in [5, 5.41) is 94.0. The van der Waals surface area contributed by atoms with Gasteiger partial charge in [0.2, 0.25) is 6.29 Å². The summed E-state index contributed by atoms with van der Waals surface area (Å²) in [6, 6.07) is 4.46. The molecule has 0 amide bonds. The predicted molar refractivity (Wildman–Crippen MR) is 159 cm³/mol. The van der Waals surface area contributed by atoms with Crippen LogP contribution in [-0.2, 0) is 35.0 Å². The van der Waals surface area contributed by atoms with Gasteiger partial charge in [0.15, 0.2) is 12.1 Å². The Labute approximate surface area is 277 Å². The van der Waals surface area contributed by atoms with Crippen LogP contribution in [0, 0.1) is 0 Å². The minimum absolute atomic E-state index is 0.0193. The Morgan fingerprint density at radius 3 is 2.12 bits per heavy atom. The number of aromatic hydroxyl groups is 1. The minimum atomic E-state index is -1.89. The number of carbonyl (C=O) groups excluding carboxylic acids is 2. The molecule has 0 spiro atoms. The first-order valence-electron chi connectivity index (χ1n) is 15.2. The van der Waals surface area contributed by atoms with E-state index in [2.05, 4.69) is 0 Å². The van der Waals surface area contributed by atoms with Gasteiger partial charge in [-0.2, -0.15) is 0 Å². The second-order valence-electron chi connectivity index (χ2n) is 12.5. The summed E-state index contributed by atoms with van der Waals surface area (Å²) in [5.74, 6) is -3.50. The molecule has 11 atom stereocenters. The fraction of sp³-hybridized carbons (Fsp3) is 0.581. The number of aliphatic hydroxyl groups is 7. The molecule has 0 saturated carbocycles. The van der Waals surface area contributed by atoms with Gasteiger partial charge in [-0.3, -0.25) is 14.4 Å². The SMILES string of the molecule is COc1cc(O[C@@H]2O[C@H](CO[C@@H]3O[C@H](COC(=O)CC(=O)O)[C@@H](O)[C@H](O)[C@H]3O)[C@@H](O)[C@H](O)[C@H]2O)c2c(O)c3c(cc2c1)C[C@](C)(O)CC3=O. The maximum atomic E-state index is 12.9. The van der Waals surface area contributed by atoms with Crippen LogP contribution in [-0.4, -0.2) is 151 Å². The fourth-order valence-electron chi connectivity index (χ4n) is 6.09. The fourth-order valence-corrected chi connectivity index (χ4v) is 6.09. The molecule has 2 aromatic rings. The number of methoxy groups -OCH3 is 1. The average molecular weight is 699 g/mol. The van der Waals surface area contributed by atoms with Crippen LogP contribution in [0.15, 0.2) is 18.2 Å². The van der Waals surface area contributed by atoms with Gasteiger partial charge in [-0.1, -0.05) is 0 Å². The predicted octanol–water partition coefficient (Wildman–Crippen LogP) is -2.54. The van der Waals surface area contributed by atoms with Crippen molar-refractivity contribution in [2.75, 3.05) is 20.3 Å². The number of phenols is 1. The first-order chi connectivity index (χ1) is 23.0. The normalized spacial score (nSPS) is 34.7.